The van der Waals surface area contributed by atoms with Crippen molar-refractivity contribution in [3.8, 4) is 11.8 Å². The molecule has 5 aliphatic rings. The Morgan fingerprint density at radius 3 is 2.39 bits per heavy atom. The second kappa shape index (κ2) is 25.9. The maximum absolute atomic E-state index is 14.7. The van der Waals surface area contributed by atoms with Gasteiger partial charge in [0.2, 0.25) is 35.4 Å². The lowest BCUT2D eigenvalue weighted by Gasteiger charge is -2.38. The molecule has 0 bridgehead atoms. The van der Waals surface area contributed by atoms with Gasteiger partial charge in [0.25, 0.3) is 11.8 Å². The molecule has 22 nitrogen and oxygen atoms in total. The third-order valence-electron chi connectivity index (χ3n) is 16.2. The third-order valence-corrected chi connectivity index (χ3v) is 18.5. The summed E-state index contributed by atoms with van der Waals surface area (Å²) in [5.74, 6) is 2.09. The number of alkyl halides is 2. The van der Waals surface area contributed by atoms with Crippen molar-refractivity contribution in [1.29, 1.82) is 0 Å². The van der Waals surface area contributed by atoms with E-state index in [1.165, 1.54) is 21.9 Å². The molecule has 4 aromatic rings. The first-order valence-electron chi connectivity index (χ1n) is 27.6. The van der Waals surface area contributed by atoms with Gasteiger partial charge in [-0.05, 0) is 116 Å². The average Bonchev–Trinajstić information content (AvgIpc) is 2.93. The molecule has 0 aliphatic carbocycles. The summed E-state index contributed by atoms with van der Waals surface area (Å²) in [6, 6.07) is 9.83. The number of carbonyl (C=O) groups excluding carboxylic acids is 9. The van der Waals surface area contributed by atoms with E-state index in [0.717, 1.165) is 35.5 Å². The number of nitrogens with zero attached hydrogens (tertiary/aromatic N) is 4. The molecule has 0 saturated carbocycles. The SMILES string of the molecule is CCN1CC[C@H]2CC[C@@H](C(=O)N[C@@H](COC(N)=O)C(=O)N[C@@H](Cc3ccc(Cl)cc3)C(=O)N3CCC(CCC#Cc4cccc5c4CN(C4CCC(=O)NC4=O)C5=O)CC3)N2C(=O)[C@@H](NC(=O)c2cc3cc(C(F)(F)P(=O)(O)O)ccc3s2)C1. The lowest BCUT2D eigenvalue weighted by Crippen LogP contribution is -2.62. The van der Waals surface area contributed by atoms with Gasteiger partial charge in [-0.2, -0.15) is 8.78 Å². The van der Waals surface area contributed by atoms with Crippen LogP contribution < -0.4 is 27.0 Å². The first-order valence-corrected chi connectivity index (χ1v) is 30.4. The summed E-state index contributed by atoms with van der Waals surface area (Å²) in [5, 5.41) is 11.1. The molecule has 5 aliphatic heterocycles. The number of benzene rings is 3. The highest BCUT2D eigenvalue weighted by atomic mass is 35.5. The maximum Gasteiger partial charge on any atom is 0.404 e. The summed E-state index contributed by atoms with van der Waals surface area (Å²) in [6.45, 7) is 3.08. The van der Waals surface area contributed by atoms with Crippen LogP contribution in [-0.2, 0) is 56.7 Å². The van der Waals surface area contributed by atoms with Crippen LogP contribution in [0.1, 0.15) is 107 Å². The Bertz CT molecular complexity index is 3380. The molecule has 27 heteroatoms. The Kier molecular flexibility index (Phi) is 18.9. The number of ether oxygens (including phenoxy) is 1. The van der Waals surface area contributed by atoms with Crippen molar-refractivity contribution in [3.05, 3.63) is 104 Å². The number of imide groups is 1. The molecule has 1 unspecified atom stereocenters. The molecule has 8 N–H and O–H groups in total. The standard InChI is InChI=1S/C57H63ClF2N9O13PS/c1-2-66-23-22-38-15-16-45(69(38)55(77)42(30-66)63-52(74)47-28-35-27-36(12-18-46(35)84-47)57(59,60)83(79,80)81)51(73)64-43(31-82-56(61)78)49(71)62-41(26-33-10-13-37(58)14-11-33)54(76)67-24-20-32(21-25-67)6-3-4-7-34-8-5-9-39-40(34)29-68(53(39)75)44-17-19-48(70)65-50(44)72/h5,8-14,18,27-28,32,38,41-45H,2-3,6,15-17,19-26,29-31H2,1H3,(H2,61,78)(H,62,71)(H,63,74)(H,64,73)(H,65,70,72)(H2,79,80,81)/t38-,41+,42+,43+,44?,45+/m1/s1. The van der Waals surface area contributed by atoms with E-state index >= 15 is 0 Å². The van der Waals surface area contributed by atoms with Gasteiger partial charge >= 0.3 is 19.4 Å². The Labute approximate surface area is 490 Å². The first kappa shape index (κ1) is 61.2. The number of thiophene rings is 1. The summed E-state index contributed by atoms with van der Waals surface area (Å²) in [7, 11) is -5.88. The number of nitrogens with two attached hydrogens (primary N) is 1. The van der Waals surface area contributed by atoms with Gasteiger partial charge in [-0.15, -0.1) is 11.3 Å². The number of likely N-dealkylation sites (tertiary alicyclic amines) is 1. The fourth-order valence-electron chi connectivity index (χ4n) is 11.6. The zero-order chi connectivity index (χ0) is 60.2. The number of primary amides is 1. The van der Waals surface area contributed by atoms with E-state index in [1.54, 1.807) is 41.3 Å². The summed E-state index contributed by atoms with van der Waals surface area (Å²) < 4.78 is 46.2. The number of halogens is 3. The van der Waals surface area contributed by atoms with Crippen LogP contribution in [-0.4, -0.2) is 158 Å². The molecular formula is C57H63ClF2N9O13PS. The zero-order valence-corrected chi connectivity index (χ0v) is 48.1. The van der Waals surface area contributed by atoms with Crippen molar-refractivity contribution in [2.45, 2.75) is 120 Å². The largest absolute Gasteiger partial charge is 0.447 e. The van der Waals surface area contributed by atoms with Crippen molar-refractivity contribution in [3.63, 3.8) is 0 Å². The summed E-state index contributed by atoms with van der Waals surface area (Å²) in [6.07, 6.45) is 2.68. The summed E-state index contributed by atoms with van der Waals surface area (Å²) >= 11 is 7.11. The quantitative estimate of drug-likeness (QED) is 0.0445. The van der Waals surface area contributed by atoms with Crippen molar-refractivity contribution in [1.82, 2.24) is 40.9 Å². The number of likely N-dealkylation sites (N-methyl/N-ethyl adjacent to an activating group) is 1. The molecule has 446 valence electrons. The van der Waals surface area contributed by atoms with Gasteiger partial charge in [0.05, 0.1) is 4.88 Å². The van der Waals surface area contributed by atoms with E-state index in [2.05, 4.69) is 33.1 Å². The van der Waals surface area contributed by atoms with Gasteiger partial charge in [0.1, 0.15) is 36.8 Å². The predicted octanol–water partition coefficient (Wildman–Crippen LogP) is 4.10. The van der Waals surface area contributed by atoms with Crippen LogP contribution >= 0.6 is 30.5 Å². The second-order valence-corrected chi connectivity index (χ2v) is 24.7. The van der Waals surface area contributed by atoms with Gasteiger partial charge < -0.3 is 55.8 Å². The van der Waals surface area contributed by atoms with E-state index in [0.29, 0.717) is 84.7 Å². The Balaban J connectivity index is 0.847. The van der Waals surface area contributed by atoms with Crippen LogP contribution in [0.15, 0.2) is 66.7 Å². The fraction of sp³-hybridized carbons (Fsp3) is 0.456. The highest BCUT2D eigenvalue weighted by molar-refractivity contribution is 7.52. The minimum absolute atomic E-state index is 0.0121. The number of piperidine rings is 2. The number of amides is 9. The van der Waals surface area contributed by atoms with Gasteiger partial charge in [0, 0.05) is 84.4 Å². The lowest BCUT2D eigenvalue weighted by molar-refractivity contribution is -0.144. The van der Waals surface area contributed by atoms with Gasteiger partial charge in [0.15, 0.2) is 0 Å². The predicted molar refractivity (Wildman–Crippen MR) is 302 cm³/mol. The molecule has 4 fully saturated rings. The van der Waals surface area contributed by atoms with E-state index in [-0.39, 0.29) is 66.8 Å². The number of nitrogens with one attached hydrogen (secondary N) is 4. The fourth-order valence-corrected chi connectivity index (χ4v) is 13.1. The van der Waals surface area contributed by atoms with Crippen LogP contribution in [0.5, 0.6) is 0 Å². The molecule has 6 heterocycles. The van der Waals surface area contributed by atoms with E-state index in [1.807, 2.05) is 17.9 Å². The van der Waals surface area contributed by atoms with Gasteiger partial charge in [-0.25, -0.2) is 4.79 Å². The molecule has 4 saturated heterocycles. The molecule has 84 heavy (non-hydrogen) atoms. The average molecular weight is 1220 g/mol. The molecule has 0 spiro atoms. The molecule has 1 aromatic heterocycles. The van der Waals surface area contributed by atoms with Crippen LogP contribution in [0.2, 0.25) is 5.02 Å². The van der Waals surface area contributed by atoms with Crippen LogP contribution in [0.3, 0.4) is 0 Å². The number of carbonyl (C=O) groups is 9. The van der Waals surface area contributed by atoms with Crippen LogP contribution in [0, 0.1) is 17.8 Å². The van der Waals surface area contributed by atoms with E-state index < -0.39 is 103 Å². The van der Waals surface area contributed by atoms with E-state index in [9.17, 15) is 66.3 Å². The molecule has 3 aromatic carbocycles. The van der Waals surface area contributed by atoms with E-state index in [4.69, 9.17) is 22.1 Å². The molecular weight excluding hydrogens is 1160 g/mol. The minimum Gasteiger partial charge on any atom is -0.447 e. The van der Waals surface area contributed by atoms with Crippen LogP contribution in [0.4, 0.5) is 13.6 Å². The number of rotatable bonds is 17. The Morgan fingerprint density at radius 1 is 0.940 bits per heavy atom. The Hall–Kier alpha value is -7.33. The van der Waals surface area contributed by atoms with Gasteiger partial charge in [-0.3, -0.25) is 48.2 Å². The number of fused-ring (bicyclic) bond motifs is 3. The molecule has 9 rings (SSSR count). The summed E-state index contributed by atoms with van der Waals surface area (Å²) in [5.41, 5.74) is 2.45. The maximum atomic E-state index is 14.7. The summed E-state index contributed by atoms with van der Waals surface area (Å²) in [4.78, 5) is 147. The highest BCUT2D eigenvalue weighted by Crippen LogP contribution is 2.59. The first-order chi connectivity index (χ1) is 40.0. The topological polar surface area (TPSA) is 307 Å². The van der Waals surface area contributed by atoms with Crippen LogP contribution in [0.25, 0.3) is 10.1 Å². The molecule has 9 amide bonds. The minimum atomic E-state index is -5.88. The number of hydrogen-bond acceptors (Lipinski definition) is 13. The monoisotopic (exact) mass is 1220 g/mol. The smallest absolute Gasteiger partial charge is 0.404 e. The number of hydrogen-bond donors (Lipinski definition) is 7. The Morgan fingerprint density at radius 2 is 1.69 bits per heavy atom. The normalized spacial score (nSPS) is 21.3. The van der Waals surface area contributed by atoms with Crippen molar-refractivity contribution >= 4 is 94.0 Å². The zero-order valence-electron chi connectivity index (χ0n) is 45.7. The second-order valence-electron chi connectivity index (χ2n) is 21.6. The lowest BCUT2D eigenvalue weighted by atomic mass is 9.91. The van der Waals surface area contributed by atoms with Crippen molar-refractivity contribution in [2.75, 3.05) is 39.3 Å². The van der Waals surface area contributed by atoms with Gasteiger partial charge in [-0.1, -0.05) is 54.6 Å². The third kappa shape index (κ3) is 13.8. The van der Waals surface area contributed by atoms with Crippen molar-refractivity contribution < 1.29 is 71.0 Å². The van der Waals surface area contributed by atoms with Crippen molar-refractivity contribution in [2.24, 2.45) is 11.7 Å². The highest BCUT2D eigenvalue weighted by Gasteiger charge is 2.51. The molecule has 0 radical (unpaired) electrons. The molecule has 6 atom stereocenters.